The van der Waals surface area contributed by atoms with Gasteiger partial charge in [0.2, 0.25) is 0 Å². The molecule has 2 aromatic carbocycles. The van der Waals surface area contributed by atoms with E-state index in [2.05, 4.69) is 28.2 Å². The Kier molecular flexibility index (Phi) is 4.20. The van der Waals surface area contributed by atoms with Gasteiger partial charge in [0.05, 0.1) is 12.2 Å². The third-order valence-electron chi connectivity index (χ3n) is 4.72. The van der Waals surface area contributed by atoms with Gasteiger partial charge in [0.15, 0.2) is 5.69 Å². The van der Waals surface area contributed by atoms with Gasteiger partial charge in [-0.1, -0.05) is 42.5 Å². The number of benzene rings is 2. The van der Waals surface area contributed by atoms with Crippen molar-refractivity contribution in [1.82, 2.24) is 14.5 Å². The molecule has 0 spiro atoms. The molecule has 0 aliphatic heterocycles. The van der Waals surface area contributed by atoms with Gasteiger partial charge >= 0.3 is 5.97 Å². The lowest BCUT2D eigenvalue weighted by molar-refractivity contribution is 0.0685. The highest BCUT2D eigenvalue weighted by Gasteiger charge is 2.21. The molecule has 0 radical (unpaired) electrons. The molecule has 0 atom stereocenters. The van der Waals surface area contributed by atoms with Crippen molar-refractivity contribution in [2.45, 2.75) is 20.4 Å². The maximum atomic E-state index is 11.9. The Morgan fingerprint density at radius 3 is 2.56 bits per heavy atom. The first-order valence-electron chi connectivity index (χ1n) is 8.74. The monoisotopic (exact) mass is 357 g/mol. The van der Waals surface area contributed by atoms with Crippen LogP contribution < -0.4 is 0 Å². The molecule has 0 saturated carbocycles. The molecule has 4 rings (SSSR count). The van der Waals surface area contributed by atoms with E-state index < -0.39 is 5.97 Å². The van der Waals surface area contributed by atoms with Crippen LogP contribution in [0.25, 0.3) is 22.2 Å². The second kappa shape index (κ2) is 6.68. The fraction of sp³-hybridized carbons (Fsp3) is 0.136. The van der Waals surface area contributed by atoms with Crippen LogP contribution >= 0.6 is 0 Å². The number of imidazole rings is 1. The first-order valence-corrected chi connectivity index (χ1v) is 8.74. The van der Waals surface area contributed by atoms with Crippen LogP contribution in [-0.4, -0.2) is 25.6 Å². The van der Waals surface area contributed by atoms with E-state index in [4.69, 9.17) is 0 Å². The minimum Gasteiger partial charge on any atom is -0.477 e. The summed E-state index contributed by atoms with van der Waals surface area (Å²) >= 11 is 0. The number of rotatable bonds is 4. The molecule has 0 fully saturated rings. The maximum absolute atomic E-state index is 11.9. The highest BCUT2D eigenvalue weighted by Crippen LogP contribution is 2.26. The SMILES string of the molecule is Cc1ccc(-c2nc(C)c(C(=O)O)n2Cc2cccc3ccccc23)cn1. The van der Waals surface area contributed by atoms with Gasteiger partial charge in [-0.05, 0) is 42.3 Å². The van der Waals surface area contributed by atoms with Gasteiger partial charge in [-0.15, -0.1) is 0 Å². The Bertz CT molecular complexity index is 1140. The number of carboxylic acid groups (broad SMARTS) is 1. The molecule has 1 N–H and O–H groups in total. The van der Waals surface area contributed by atoms with Crippen molar-refractivity contribution in [2.24, 2.45) is 0 Å². The molecule has 2 heterocycles. The largest absolute Gasteiger partial charge is 0.477 e. The predicted molar refractivity (Wildman–Crippen MR) is 105 cm³/mol. The van der Waals surface area contributed by atoms with E-state index in [1.54, 1.807) is 17.7 Å². The summed E-state index contributed by atoms with van der Waals surface area (Å²) < 4.78 is 1.77. The molecule has 134 valence electrons. The Balaban J connectivity index is 1.90. The van der Waals surface area contributed by atoms with Crippen molar-refractivity contribution < 1.29 is 9.90 Å². The van der Waals surface area contributed by atoms with Crippen molar-refractivity contribution in [1.29, 1.82) is 0 Å². The van der Waals surface area contributed by atoms with Gasteiger partial charge < -0.3 is 9.67 Å². The van der Waals surface area contributed by atoms with Gasteiger partial charge in [-0.2, -0.15) is 0 Å². The van der Waals surface area contributed by atoms with Crippen molar-refractivity contribution in [3.63, 3.8) is 0 Å². The van der Waals surface area contributed by atoms with Gasteiger partial charge in [0, 0.05) is 17.5 Å². The van der Waals surface area contributed by atoms with Crippen LogP contribution in [0.2, 0.25) is 0 Å². The molecule has 0 unspecified atom stereocenters. The Labute approximate surface area is 157 Å². The normalized spacial score (nSPS) is 11.0. The molecule has 5 nitrogen and oxygen atoms in total. The lowest BCUT2D eigenvalue weighted by Crippen LogP contribution is -2.12. The summed E-state index contributed by atoms with van der Waals surface area (Å²) in [6.45, 7) is 4.07. The van der Waals surface area contributed by atoms with E-state index >= 15 is 0 Å². The summed E-state index contributed by atoms with van der Waals surface area (Å²) in [6.07, 6.45) is 1.74. The third kappa shape index (κ3) is 3.08. The average Bonchev–Trinajstić information content (AvgIpc) is 2.99. The van der Waals surface area contributed by atoms with Crippen LogP contribution in [0.15, 0.2) is 60.8 Å². The molecular formula is C22H19N3O2. The maximum Gasteiger partial charge on any atom is 0.354 e. The van der Waals surface area contributed by atoms with Crippen molar-refractivity contribution in [2.75, 3.05) is 0 Å². The molecule has 0 amide bonds. The average molecular weight is 357 g/mol. The van der Waals surface area contributed by atoms with Crippen LogP contribution in [0.1, 0.15) is 27.4 Å². The minimum atomic E-state index is -0.980. The minimum absolute atomic E-state index is 0.207. The summed E-state index contributed by atoms with van der Waals surface area (Å²) in [4.78, 5) is 20.8. The van der Waals surface area contributed by atoms with Crippen molar-refractivity contribution in [3.8, 4) is 11.4 Å². The number of nitrogens with zero attached hydrogens (tertiary/aromatic N) is 3. The van der Waals surface area contributed by atoms with E-state index in [0.29, 0.717) is 18.1 Å². The zero-order valence-corrected chi connectivity index (χ0v) is 15.2. The van der Waals surface area contributed by atoms with Crippen LogP contribution in [-0.2, 0) is 6.54 Å². The topological polar surface area (TPSA) is 68.0 Å². The van der Waals surface area contributed by atoms with Crippen LogP contribution in [0.3, 0.4) is 0 Å². The number of pyridine rings is 1. The van der Waals surface area contributed by atoms with E-state index in [0.717, 1.165) is 27.6 Å². The number of aryl methyl sites for hydroxylation is 2. The van der Waals surface area contributed by atoms with E-state index in [9.17, 15) is 9.90 Å². The molecule has 4 aromatic rings. The van der Waals surface area contributed by atoms with Crippen LogP contribution in [0.5, 0.6) is 0 Å². The van der Waals surface area contributed by atoms with Crippen molar-refractivity contribution >= 4 is 16.7 Å². The third-order valence-corrected chi connectivity index (χ3v) is 4.72. The fourth-order valence-corrected chi connectivity index (χ4v) is 3.42. The van der Waals surface area contributed by atoms with Crippen molar-refractivity contribution in [3.05, 3.63) is 83.4 Å². The standard InChI is InChI=1S/C22H19N3O2/c1-14-10-11-17(12-23-14)21-24-15(2)20(22(26)27)25(21)13-18-8-5-7-16-6-3-4-9-19(16)18/h3-12H,13H2,1-2H3,(H,26,27). The van der Waals surface area contributed by atoms with Gasteiger partial charge in [0.1, 0.15) is 5.82 Å². The molecule has 0 bridgehead atoms. The van der Waals surface area contributed by atoms with E-state index in [1.165, 1.54) is 0 Å². The molecular weight excluding hydrogens is 338 g/mol. The molecule has 2 aromatic heterocycles. The molecule has 5 heteroatoms. The zero-order valence-electron chi connectivity index (χ0n) is 15.2. The summed E-state index contributed by atoms with van der Waals surface area (Å²) in [6, 6.07) is 18.0. The summed E-state index contributed by atoms with van der Waals surface area (Å²) in [5.74, 6) is -0.364. The Morgan fingerprint density at radius 2 is 1.81 bits per heavy atom. The smallest absolute Gasteiger partial charge is 0.354 e. The quantitative estimate of drug-likeness (QED) is 0.585. The zero-order chi connectivity index (χ0) is 19.0. The highest BCUT2D eigenvalue weighted by molar-refractivity contribution is 5.89. The fourth-order valence-electron chi connectivity index (χ4n) is 3.42. The number of hydrogen-bond donors (Lipinski definition) is 1. The van der Waals surface area contributed by atoms with Crippen LogP contribution in [0, 0.1) is 13.8 Å². The first kappa shape index (κ1) is 17.0. The number of aromatic nitrogens is 3. The lowest BCUT2D eigenvalue weighted by Gasteiger charge is -2.13. The van der Waals surface area contributed by atoms with Crippen LogP contribution in [0.4, 0.5) is 0 Å². The Hall–Kier alpha value is -3.47. The molecule has 0 aliphatic rings. The molecule has 27 heavy (non-hydrogen) atoms. The highest BCUT2D eigenvalue weighted by atomic mass is 16.4. The number of aromatic carboxylic acids is 1. The number of fused-ring (bicyclic) bond motifs is 1. The summed E-state index contributed by atoms with van der Waals surface area (Å²) in [5.41, 5.74) is 3.46. The lowest BCUT2D eigenvalue weighted by atomic mass is 10.0. The number of hydrogen-bond acceptors (Lipinski definition) is 3. The first-order chi connectivity index (χ1) is 13.0. The number of carboxylic acids is 1. The van der Waals surface area contributed by atoms with E-state index in [-0.39, 0.29) is 5.69 Å². The second-order valence-electron chi connectivity index (χ2n) is 6.59. The van der Waals surface area contributed by atoms with Gasteiger partial charge in [-0.25, -0.2) is 9.78 Å². The predicted octanol–water partition coefficient (Wildman–Crippen LogP) is 4.46. The van der Waals surface area contributed by atoms with Gasteiger partial charge in [0.25, 0.3) is 0 Å². The Morgan fingerprint density at radius 1 is 1.04 bits per heavy atom. The summed E-state index contributed by atoms with van der Waals surface area (Å²) in [5, 5.41) is 12.0. The summed E-state index contributed by atoms with van der Waals surface area (Å²) in [7, 11) is 0. The van der Waals surface area contributed by atoms with E-state index in [1.807, 2.05) is 43.3 Å². The van der Waals surface area contributed by atoms with Gasteiger partial charge in [-0.3, -0.25) is 4.98 Å². The molecule has 0 saturated heterocycles. The molecule has 0 aliphatic carbocycles. The number of carbonyl (C=O) groups is 1. The second-order valence-corrected chi connectivity index (χ2v) is 6.59.